The van der Waals surface area contributed by atoms with E-state index in [0.717, 1.165) is 11.5 Å². The highest BCUT2D eigenvalue weighted by molar-refractivity contribution is 5.34. The molecule has 1 unspecified atom stereocenters. The van der Waals surface area contributed by atoms with Gasteiger partial charge in [0, 0.05) is 12.1 Å². The first kappa shape index (κ1) is 13.3. The summed E-state index contributed by atoms with van der Waals surface area (Å²) < 4.78 is 19.3. The van der Waals surface area contributed by atoms with Crippen LogP contribution in [0.4, 0.5) is 4.39 Å². The molecule has 0 aliphatic rings. The van der Waals surface area contributed by atoms with Crippen molar-refractivity contribution in [2.45, 2.75) is 26.4 Å². The van der Waals surface area contributed by atoms with Crippen molar-refractivity contribution in [3.05, 3.63) is 58.8 Å². The fraction of sp³-hybridized carbons (Fsp3) is 0.267. The van der Waals surface area contributed by atoms with Crippen molar-refractivity contribution >= 4 is 0 Å². The summed E-state index contributed by atoms with van der Waals surface area (Å²) in [5, 5.41) is 12.0. The lowest BCUT2D eigenvalue weighted by molar-refractivity contribution is 0.413. The molecule has 19 heavy (non-hydrogen) atoms. The van der Waals surface area contributed by atoms with Gasteiger partial charge in [-0.05, 0) is 32.0 Å². The molecule has 98 valence electrons. The Hall–Kier alpha value is -2.12. The van der Waals surface area contributed by atoms with Gasteiger partial charge in [0.25, 0.3) is 0 Å². The fourth-order valence-electron chi connectivity index (χ4n) is 1.85. The normalized spacial score (nSPS) is 12.1. The maximum absolute atomic E-state index is 13.8. The molecule has 1 aromatic carbocycles. The molecular weight excluding hydrogens is 243 g/mol. The van der Waals surface area contributed by atoms with Crippen LogP contribution in [-0.4, -0.2) is 0 Å². The third kappa shape index (κ3) is 3.01. The number of rotatable bonds is 4. The highest BCUT2D eigenvalue weighted by Crippen LogP contribution is 2.17. The summed E-state index contributed by atoms with van der Waals surface area (Å²) in [5.74, 6) is 1.20. The second kappa shape index (κ2) is 5.68. The third-order valence-corrected chi connectivity index (χ3v) is 2.99. The van der Waals surface area contributed by atoms with Gasteiger partial charge in [-0.1, -0.05) is 12.1 Å². The standard InChI is InChI=1S/C15H15FN2O/c1-10-6-7-14(19-10)11(2)18-9-13-5-3-4-12(8-17)15(13)16/h3-7,11,18H,9H2,1-2H3. The summed E-state index contributed by atoms with van der Waals surface area (Å²) >= 11 is 0. The number of nitriles is 1. The zero-order valence-corrected chi connectivity index (χ0v) is 10.9. The van der Waals surface area contributed by atoms with E-state index in [1.807, 2.05) is 32.0 Å². The molecule has 0 aliphatic heterocycles. The number of halogens is 1. The quantitative estimate of drug-likeness (QED) is 0.913. The van der Waals surface area contributed by atoms with Crippen molar-refractivity contribution in [1.82, 2.24) is 5.32 Å². The second-order valence-corrected chi connectivity index (χ2v) is 4.44. The van der Waals surface area contributed by atoms with Crippen molar-refractivity contribution in [3.8, 4) is 6.07 Å². The lowest BCUT2D eigenvalue weighted by atomic mass is 10.1. The number of nitrogens with one attached hydrogen (secondary N) is 1. The number of furan rings is 1. The molecule has 0 bridgehead atoms. The number of aryl methyl sites for hydroxylation is 1. The molecular formula is C15H15FN2O. The molecule has 1 N–H and O–H groups in total. The second-order valence-electron chi connectivity index (χ2n) is 4.44. The number of hydrogen-bond acceptors (Lipinski definition) is 3. The Bertz CT molecular complexity index is 613. The van der Waals surface area contributed by atoms with Crippen LogP contribution in [0.2, 0.25) is 0 Å². The molecule has 1 heterocycles. The van der Waals surface area contributed by atoms with Crippen LogP contribution in [0, 0.1) is 24.1 Å². The molecule has 2 aromatic rings. The van der Waals surface area contributed by atoms with Crippen molar-refractivity contribution in [1.29, 1.82) is 5.26 Å². The molecule has 2 rings (SSSR count). The van der Waals surface area contributed by atoms with Crippen LogP contribution in [0.25, 0.3) is 0 Å². The van der Waals surface area contributed by atoms with Gasteiger partial charge >= 0.3 is 0 Å². The number of hydrogen-bond donors (Lipinski definition) is 1. The minimum absolute atomic E-state index is 0.0150. The topological polar surface area (TPSA) is 49.0 Å². The van der Waals surface area contributed by atoms with Gasteiger partial charge in [0.05, 0.1) is 11.6 Å². The van der Waals surface area contributed by atoms with E-state index >= 15 is 0 Å². The summed E-state index contributed by atoms with van der Waals surface area (Å²) in [4.78, 5) is 0. The van der Waals surface area contributed by atoms with Gasteiger partial charge in [-0.3, -0.25) is 0 Å². The Balaban J connectivity index is 2.05. The summed E-state index contributed by atoms with van der Waals surface area (Å²) in [6.07, 6.45) is 0. The van der Waals surface area contributed by atoms with E-state index in [-0.39, 0.29) is 11.6 Å². The van der Waals surface area contributed by atoms with Crippen molar-refractivity contribution in [3.63, 3.8) is 0 Å². The van der Waals surface area contributed by atoms with E-state index in [2.05, 4.69) is 5.32 Å². The van der Waals surface area contributed by atoms with E-state index < -0.39 is 5.82 Å². The molecule has 4 heteroatoms. The van der Waals surface area contributed by atoms with Gasteiger partial charge < -0.3 is 9.73 Å². The van der Waals surface area contributed by atoms with Crippen molar-refractivity contribution in [2.75, 3.05) is 0 Å². The van der Waals surface area contributed by atoms with Crippen LogP contribution in [-0.2, 0) is 6.54 Å². The van der Waals surface area contributed by atoms with Crippen molar-refractivity contribution < 1.29 is 8.81 Å². The molecule has 1 atom stereocenters. The van der Waals surface area contributed by atoms with Crippen LogP contribution in [0.3, 0.4) is 0 Å². The molecule has 1 aromatic heterocycles. The Morgan fingerprint density at radius 2 is 2.16 bits per heavy atom. The van der Waals surface area contributed by atoms with Crippen LogP contribution < -0.4 is 5.32 Å². The lowest BCUT2D eigenvalue weighted by Crippen LogP contribution is -2.18. The van der Waals surface area contributed by atoms with Gasteiger partial charge in [-0.25, -0.2) is 4.39 Å². The third-order valence-electron chi connectivity index (χ3n) is 2.99. The zero-order chi connectivity index (χ0) is 13.8. The monoisotopic (exact) mass is 258 g/mol. The highest BCUT2D eigenvalue weighted by Gasteiger charge is 2.11. The number of benzene rings is 1. The van der Waals surface area contributed by atoms with Gasteiger partial charge in [0.2, 0.25) is 0 Å². The smallest absolute Gasteiger partial charge is 0.145 e. The predicted octanol–water partition coefficient (Wildman–Crippen LogP) is 3.45. The predicted molar refractivity (Wildman–Crippen MR) is 69.8 cm³/mol. The zero-order valence-electron chi connectivity index (χ0n) is 10.9. The van der Waals surface area contributed by atoms with Gasteiger partial charge in [0.1, 0.15) is 23.4 Å². The maximum Gasteiger partial charge on any atom is 0.145 e. The first-order valence-corrected chi connectivity index (χ1v) is 6.09. The van der Waals surface area contributed by atoms with Crippen LogP contribution in [0.15, 0.2) is 34.7 Å². The first-order valence-electron chi connectivity index (χ1n) is 6.09. The van der Waals surface area contributed by atoms with Crippen LogP contribution in [0.1, 0.15) is 35.6 Å². The lowest BCUT2D eigenvalue weighted by Gasteiger charge is -2.12. The van der Waals surface area contributed by atoms with Gasteiger partial charge in [-0.15, -0.1) is 0 Å². The average molecular weight is 258 g/mol. The highest BCUT2D eigenvalue weighted by atomic mass is 19.1. The summed E-state index contributed by atoms with van der Waals surface area (Å²) in [6.45, 7) is 4.18. The van der Waals surface area contributed by atoms with Crippen LogP contribution in [0.5, 0.6) is 0 Å². The first-order chi connectivity index (χ1) is 9.11. The van der Waals surface area contributed by atoms with Crippen molar-refractivity contribution in [2.24, 2.45) is 0 Å². The minimum Gasteiger partial charge on any atom is -0.465 e. The maximum atomic E-state index is 13.8. The summed E-state index contributed by atoms with van der Waals surface area (Å²) in [5.41, 5.74) is 0.551. The Morgan fingerprint density at radius 1 is 1.37 bits per heavy atom. The molecule has 0 aliphatic carbocycles. The summed E-state index contributed by atoms with van der Waals surface area (Å²) in [7, 11) is 0. The minimum atomic E-state index is -0.458. The molecule has 0 saturated carbocycles. The number of nitrogens with zero attached hydrogens (tertiary/aromatic N) is 1. The molecule has 3 nitrogen and oxygen atoms in total. The molecule has 0 spiro atoms. The Morgan fingerprint density at radius 3 is 2.79 bits per heavy atom. The molecule has 0 saturated heterocycles. The molecule has 0 amide bonds. The van der Waals surface area contributed by atoms with Gasteiger partial charge in [-0.2, -0.15) is 5.26 Å². The van der Waals surface area contributed by atoms with E-state index in [4.69, 9.17) is 9.68 Å². The summed E-state index contributed by atoms with van der Waals surface area (Å²) in [6, 6.07) is 10.4. The van der Waals surface area contributed by atoms with E-state index in [0.29, 0.717) is 12.1 Å². The van der Waals surface area contributed by atoms with E-state index in [1.54, 1.807) is 12.1 Å². The largest absolute Gasteiger partial charge is 0.465 e. The van der Waals surface area contributed by atoms with E-state index in [1.165, 1.54) is 6.07 Å². The van der Waals surface area contributed by atoms with E-state index in [9.17, 15) is 4.39 Å². The Labute approximate surface area is 111 Å². The average Bonchev–Trinajstić information content (AvgIpc) is 2.84. The van der Waals surface area contributed by atoms with Crippen LogP contribution >= 0.6 is 0 Å². The van der Waals surface area contributed by atoms with Gasteiger partial charge in [0.15, 0.2) is 0 Å². The SMILES string of the molecule is Cc1ccc(C(C)NCc2cccc(C#N)c2F)o1. The molecule has 0 radical (unpaired) electrons. The fourth-order valence-corrected chi connectivity index (χ4v) is 1.85. The Kier molecular flexibility index (Phi) is 3.98. The molecule has 0 fully saturated rings.